The lowest BCUT2D eigenvalue weighted by Crippen LogP contribution is -2.25. The third-order valence-corrected chi connectivity index (χ3v) is 5.01. The second-order valence-corrected chi connectivity index (χ2v) is 7.16. The second kappa shape index (κ2) is 8.39. The van der Waals surface area contributed by atoms with Crippen LogP contribution in [-0.2, 0) is 6.42 Å². The summed E-state index contributed by atoms with van der Waals surface area (Å²) in [4.78, 5) is 11.5. The lowest BCUT2D eigenvalue weighted by Gasteiger charge is -2.24. The molecule has 1 N–H and O–H groups in total. The summed E-state index contributed by atoms with van der Waals surface area (Å²) >= 11 is 0. The van der Waals surface area contributed by atoms with Crippen LogP contribution in [0.25, 0.3) is 0 Å². The molecule has 2 aromatic carbocycles. The molecule has 2 heterocycles. The molecule has 0 radical (unpaired) electrons. The predicted molar refractivity (Wildman–Crippen MR) is 115 cm³/mol. The Balaban J connectivity index is 1.41. The molecule has 29 heavy (non-hydrogen) atoms. The van der Waals surface area contributed by atoms with Gasteiger partial charge in [0.1, 0.15) is 35.6 Å². The number of nitrogens with one attached hydrogen (secondary N) is 1. The van der Waals surface area contributed by atoms with Crippen molar-refractivity contribution >= 4 is 17.3 Å². The van der Waals surface area contributed by atoms with Gasteiger partial charge in [-0.15, -0.1) is 0 Å². The summed E-state index contributed by atoms with van der Waals surface area (Å²) in [7, 11) is 1.65. The van der Waals surface area contributed by atoms with Crippen LogP contribution < -0.4 is 19.7 Å². The van der Waals surface area contributed by atoms with E-state index >= 15 is 0 Å². The Labute approximate surface area is 171 Å². The topological polar surface area (TPSA) is 59.5 Å². The van der Waals surface area contributed by atoms with E-state index in [0.717, 1.165) is 35.4 Å². The van der Waals surface area contributed by atoms with E-state index in [1.165, 1.54) is 11.3 Å². The molecule has 6 heteroatoms. The van der Waals surface area contributed by atoms with Gasteiger partial charge >= 0.3 is 0 Å². The molecular formula is C23H26N4O2. The van der Waals surface area contributed by atoms with E-state index in [9.17, 15) is 0 Å². The van der Waals surface area contributed by atoms with Crippen LogP contribution >= 0.6 is 0 Å². The van der Waals surface area contributed by atoms with Crippen LogP contribution in [-0.4, -0.2) is 36.3 Å². The lowest BCUT2D eigenvalue weighted by molar-refractivity contribution is 0.331. The third kappa shape index (κ3) is 4.26. The van der Waals surface area contributed by atoms with Gasteiger partial charge in [0.2, 0.25) is 0 Å². The first-order valence-corrected chi connectivity index (χ1v) is 9.87. The number of nitrogens with zero attached hydrogens (tertiary/aromatic N) is 3. The fourth-order valence-electron chi connectivity index (χ4n) is 3.70. The Morgan fingerprint density at radius 2 is 1.83 bits per heavy atom. The van der Waals surface area contributed by atoms with Gasteiger partial charge in [0, 0.05) is 17.8 Å². The highest BCUT2D eigenvalue weighted by Gasteiger charge is 2.28. The summed E-state index contributed by atoms with van der Waals surface area (Å²) in [5.41, 5.74) is 2.59. The maximum absolute atomic E-state index is 5.78. The number of hydrogen-bond donors (Lipinski definition) is 1. The highest BCUT2D eigenvalue weighted by molar-refractivity contribution is 5.70. The van der Waals surface area contributed by atoms with Gasteiger partial charge in [0.25, 0.3) is 0 Å². The van der Waals surface area contributed by atoms with Gasteiger partial charge in [-0.1, -0.05) is 18.2 Å². The number of rotatable bonds is 7. The smallest absolute Gasteiger partial charge is 0.139 e. The zero-order valence-corrected chi connectivity index (χ0v) is 17.1. The highest BCUT2D eigenvalue weighted by atomic mass is 16.5. The molecule has 4 rings (SSSR count). The summed E-state index contributed by atoms with van der Waals surface area (Å²) < 4.78 is 10.9. The first-order chi connectivity index (χ1) is 14.1. The normalized spacial score (nSPS) is 15.1. The number of benzene rings is 2. The Morgan fingerprint density at radius 3 is 2.62 bits per heavy atom. The molecule has 6 nitrogen and oxygen atoms in total. The van der Waals surface area contributed by atoms with E-state index < -0.39 is 0 Å². The molecule has 0 saturated carbocycles. The van der Waals surface area contributed by atoms with Crippen molar-refractivity contribution in [3.63, 3.8) is 0 Å². The summed E-state index contributed by atoms with van der Waals surface area (Å²) in [6.07, 6.45) is 1.03. The molecular weight excluding hydrogens is 364 g/mol. The number of methoxy groups -OCH3 is 1. The van der Waals surface area contributed by atoms with Crippen molar-refractivity contribution in [1.82, 2.24) is 9.97 Å². The number of ether oxygens (including phenoxy) is 2. The van der Waals surface area contributed by atoms with Crippen molar-refractivity contribution in [2.45, 2.75) is 26.3 Å². The molecule has 1 atom stereocenters. The summed E-state index contributed by atoms with van der Waals surface area (Å²) in [6, 6.07) is 18.5. The van der Waals surface area contributed by atoms with Gasteiger partial charge in [-0.2, -0.15) is 0 Å². The minimum atomic E-state index is 0.368. The molecule has 0 fully saturated rings. The van der Waals surface area contributed by atoms with E-state index in [1.807, 2.05) is 37.3 Å². The van der Waals surface area contributed by atoms with Gasteiger partial charge in [-0.3, -0.25) is 0 Å². The second-order valence-electron chi connectivity index (χ2n) is 7.16. The largest absolute Gasteiger partial charge is 0.497 e. The summed E-state index contributed by atoms with van der Waals surface area (Å²) in [5, 5.41) is 3.35. The van der Waals surface area contributed by atoms with Crippen molar-refractivity contribution in [2.75, 3.05) is 30.5 Å². The van der Waals surface area contributed by atoms with Gasteiger partial charge in [-0.05, 0) is 56.2 Å². The summed E-state index contributed by atoms with van der Waals surface area (Å²) in [6.45, 7) is 5.34. The maximum Gasteiger partial charge on any atom is 0.139 e. The quantitative estimate of drug-likeness (QED) is 0.605. The van der Waals surface area contributed by atoms with Crippen LogP contribution in [0, 0.1) is 6.92 Å². The minimum Gasteiger partial charge on any atom is -0.497 e. The first-order valence-electron chi connectivity index (χ1n) is 9.87. The average molecular weight is 390 g/mol. The average Bonchev–Trinajstić information content (AvgIpc) is 3.07. The Hall–Kier alpha value is -3.28. The van der Waals surface area contributed by atoms with Gasteiger partial charge in [0.05, 0.1) is 13.7 Å². The zero-order valence-electron chi connectivity index (χ0n) is 17.1. The number of hydrogen-bond acceptors (Lipinski definition) is 6. The van der Waals surface area contributed by atoms with E-state index in [-0.39, 0.29) is 0 Å². The third-order valence-electron chi connectivity index (χ3n) is 5.01. The number of para-hydroxylation sites is 1. The molecule has 1 unspecified atom stereocenters. The van der Waals surface area contributed by atoms with E-state index in [2.05, 4.69) is 51.4 Å². The standard InChI is InChI=1S/C23H26N4O2/c1-16-14-18-6-4-5-7-21(18)27(16)23-15-22(25-17(2)26-23)24-12-13-29-20-10-8-19(28-3)9-11-20/h4-11,15-16H,12-14H2,1-3H3,(H,24,25,26). The Kier molecular flexibility index (Phi) is 5.51. The molecule has 150 valence electrons. The zero-order chi connectivity index (χ0) is 20.2. The minimum absolute atomic E-state index is 0.368. The van der Waals surface area contributed by atoms with Crippen LogP contribution in [0.2, 0.25) is 0 Å². The van der Waals surface area contributed by atoms with Crippen LogP contribution in [0.3, 0.4) is 0 Å². The molecule has 1 aliphatic heterocycles. The first kappa shape index (κ1) is 19.1. The Morgan fingerprint density at radius 1 is 1.07 bits per heavy atom. The van der Waals surface area contributed by atoms with E-state index in [0.29, 0.717) is 19.2 Å². The summed E-state index contributed by atoms with van der Waals surface area (Å²) in [5.74, 6) is 4.11. The molecule has 0 saturated heterocycles. The predicted octanol–water partition coefficient (Wildman–Crippen LogP) is 4.37. The fourth-order valence-corrected chi connectivity index (χ4v) is 3.70. The van der Waals surface area contributed by atoms with Crippen molar-refractivity contribution in [3.05, 3.63) is 66.0 Å². The number of anilines is 3. The van der Waals surface area contributed by atoms with Crippen molar-refractivity contribution in [1.29, 1.82) is 0 Å². The molecule has 0 spiro atoms. The van der Waals surface area contributed by atoms with E-state index in [4.69, 9.17) is 9.47 Å². The highest BCUT2D eigenvalue weighted by Crippen LogP contribution is 2.37. The van der Waals surface area contributed by atoms with Crippen molar-refractivity contribution in [2.24, 2.45) is 0 Å². The van der Waals surface area contributed by atoms with Gasteiger partial charge in [-0.25, -0.2) is 9.97 Å². The molecule has 0 aliphatic carbocycles. The Bertz CT molecular complexity index is 975. The van der Waals surface area contributed by atoms with E-state index in [1.54, 1.807) is 7.11 Å². The number of fused-ring (bicyclic) bond motifs is 1. The maximum atomic E-state index is 5.78. The lowest BCUT2D eigenvalue weighted by atomic mass is 10.1. The van der Waals surface area contributed by atoms with Crippen molar-refractivity contribution in [3.8, 4) is 11.5 Å². The van der Waals surface area contributed by atoms with Crippen molar-refractivity contribution < 1.29 is 9.47 Å². The van der Waals surface area contributed by atoms with Crippen LogP contribution in [0.5, 0.6) is 11.5 Å². The fraction of sp³-hybridized carbons (Fsp3) is 0.304. The molecule has 1 aliphatic rings. The van der Waals surface area contributed by atoms with Crippen LogP contribution in [0.1, 0.15) is 18.3 Å². The molecule has 1 aromatic heterocycles. The monoisotopic (exact) mass is 390 g/mol. The van der Waals surface area contributed by atoms with Crippen LogP contribution in [0.15, 0.2) is 54.6 Å². The molecule has 3 aromatic rings. The van der Waals surface area contributed by atoms with Gasteiger partial charge in [0.15, 0.2) is 0 Å². The number of aryl methyl sites for hydroxylation is 1. The number of aromatic nitrogens is 2. The SMILES string of the molecule is COc1ccc(OCCNc2cc(N3c4ccccc4CC3C)nc(C)n2)cc1. The molecule has 0 amide bonds. The van der Waals surface area contributed by atoms with Gasteiger partial charge < -0.3 is 19.7 Å². The molecule has 0 bridgehead atoms. The van der Waals surface area contributed by atoms with Crippen LogP contribution in [0.4, 0.5) is 17.3 Å².